The molecule has 1 aliphatic heterocycles. The number of hydrogen-bond donors (Lipinski definition) is 1. The quantitative estimate of drug-likeness (QED) is 0.907. The van der Waals surface area contributed by atoms with Crippen molar-refractivity contribution in [2.45, 2.75) is 70.4 Å². The van der Waals surface area contributed by atoms with Crippen molar-refractivity contribution in [1.82, 2.24) is 14.8 Å². The maximum atomic E-state index is 6.16. The highest BCUT2D eigenvalue weighted by Crippen LogP contribution is 2.60. The summed E-state index contributed by atoms with van der Waals surface area (Å²) in [4.78, 5) is 0. The topological polar surface area (TPSA) is 56.7 Å². The van der Waals surface area contributed by atoms with Crippen molar-refractivity contribution in [3.05, 3.63) is 11.6 Å². The summed E-state index contributed by atoms with van der Waals surface area (Å²) in [5.41, 5.74) is 6.72. The first kappa shape index (κ1) is 12.6. The third-order valence-corrected chi connectivity index (χ3v) is 6.76. The smallest absolute Gasteiger partial charge is 0.133 e. The third-order valence-electron chi connectivity index (χ3n) is 6.76. The molecular weight excluding hydrogens is 260 g/mol. The zero-order valence-electron chi connectivity index (χ0n) is 12.8. The molecule has 0 amide bonds. The predicted octanol–water partition coefficient (Wildman–Crippen LogP) is 2.31. The van der Waals surface area contributed by atoms with Crippen LogP contribution in [0.2, 0.25) is 0 Å². The Morgan fingerprint density at radius 3 is 2.38 bits per heavy atom. The minimum absolute atomic E-state index is 0.295. The number of aromatic nitrogens is 3. The van der Waals surface area contributed by atoms with E-state index in [4.69, 9.17) is 5.73 Å². The molecule has 4 nitrogen and oxygen atoms in total. The molecule has 0 spiro atoms. The molecule has 6 rings (SSSR count). The standard InChI is InChI=1S/C17H26N4/c18-14-1-2-15-19-20-16(21(15)10-14)9-17-6-11-3-12(7-17)5-13(4-11)8-17/h11-14H,1-10,18H2. The van der Waals surface area contributed by atoms with E-state index in [0.717, 1.165) is 43.6 Å². The molecule has 4 aliphatic carbocycles. The highest BCUT2D eigenvalue weighted by atomic mass is 15.3. The van der Waals surface area contributed by atoms with Crippen LogP contribution in [0.1, 0.15) is 56.6 Å². The summed E-state index contributed by atoms with van der Waals surface area (Å²) >= 11 is 0. The van der Waals surface area contributed by atoms with E-state index in [1.165, 1.54) is 50.2 Å². The number of aryl methyl sites for hydroxylation is 1. The SMILES string of the molecule is NC1CCc2nnc(CC34CC5CC(CC(C5)C3)C4)n2C1. The molecule has 2 N–H and O–H groups in total. The van der Waals surface area contributed by atoms with E-state index in [-0.39, 0.29) is 0 Å². The lowest BCUT2D eigenvalue weighted by atomic mass is 9.49. The molecule has 4 heteroatoms. The van der Waals surface area contributed by atoms with Gasteiger partial charge in [-0.1, -0.05) is 0 Å². The second-order valence-electron chi connectivity index (χ2n) is 8.54. The van der Waals surface area contributed by atoms with Crippen LogP contribution in [0, 0.1) is 23.2 Å². The van der Waals surface area contributed by atoms with Gasteiger partial charge in [-0.3, -0.25) is 0 Å². The summed E-state index contributed by atoms with van der Waals surface area (Å²) in [6, 6.07) is 0.295. The molecule has 5 aliphatic rings. The van der Waals surface area contributed by atoms with Crippen molar-refractivity contribution in [2.24, 2.45) is 28.9 Å². The van der Waals surface area contributed by atoms with Gasteiger partial charge < -0.3 is 10.3 Å². The second kappa shape index (κ2) is 4.31. The number of rotatable bonds is 2. The molecule has 2 heterocycles. The monoisotopic (exact) mass is 286 g/mol. The summed E-state index contributed by atoms with van der Waals surface area (Å²) in [6.45, 7) is 0.935. The van der Waals surface area contributed by atoms with Crippen LogP contribution in [-0.4, -0.2) is 20.8 Å². The molecule has 1 unspecified atom stereocenters. The number of fused-ring (bicyclic) bond motifs is 1. The first-order valence-corrected chi connectivity index (χ1v) is 8.86. The summed E-state index contributed by atoms with van der Waals surface area (Å²) in [5.74, 6) is 5.46. The first-order valence-electron chi connectivity index (χ1n) is 8.86. The Labute approximate surface area is 126 Å². The van der Waals surface area contributed by atoms with E-state index in [1.807, 2.05) is 0 Å². The lowest BCUT2D eigenvalue weighted by Crippen LogP contribution is -2.47. The predicted molar refractivity (Wildman–Crippen MR) is 80.6 cm³/mol. The van der Waals surface area contributed by atoms with Crippen molar-refractivity contribution < 1.29 is 0 Å². The maximum Gasteiger partial charge on any atom is 0.133 e. The van der Waals surface area contributed by atoms with Crippen LogP contribution in [0.5, 0.6) is 0 Å². The van der Waals surface area contributed by atoms with E-state index < -0.39 is 0 Å². The van der Waals surface area contributed by atoms with Crippen molar-refractivity contribution in [3.8, 4) is 0 Å². The third kappa shape index (κ3) is 1.98. The summed E-state index contributed by atoms with van der Waals surface area (Å²) in [6.07, 6.45) is 12.1. The Kier molecular flexibility index (Phi) is 2.59. The van der Waals surface area contributed by atoms with Crippen LogP contribution in [0.4, 0.5) is 0 Å². The Morgan fingerprint density at radius 2 is 1.71 bits per heavy atom. The first-order chi connectivity index (χ1) is 10.2. The molecule has 4 saturated carbocycles. The average Bonchev–Trinajstić information content (AvgIpc) is 2.79. The van der Waals surface area contributed by atoms with Gasteiger partial charge in [0, 0.05) is 25.4 Å². The fourth-order valence-electron chi connectivity index (χ4n) is 6.38. The lowest BCUT2D eigenvalue weighted by Gasteiger charge is -2.56. The van der Waals surface area contributed by atoms with Gasteiger partial charge in [0.25, 0.3) is 0 Å². The highest BCUT2D eigenvalue weighted by molar-refractivity contribution is 5.09. The van der Waals surface area contributed by atoms with Gasteiger partial charge in [0.2, 0.25) is 0 Å². The van der Waals surface area contributed by atoms with Gasteiger partial charge in [-0.15, -0.1) is 10.2 Å². The van der Waals surface area contributed by atoms with E-state index in [0.29, 0.717) is 11.5 Å². The van der Waals surface area contributed by atoms with Crippen molar-refractivity contribution >= 4 is 0 Å². The molecular formula is C17H26N4. The Morgan fingerprint density at radius 1 is 1.05 bits per heavy atom. The largest absolute Gasteiger partial charge is 0.326 e. The Balaban J connectivity index is 1.44. The minimum atomic E-state index is 0.295. The zero-order valence-corrected chi connectivity index (χ0v) is 12.8. The van der Waals surface area contributed by atoms with E-state index in [9.17, 15) is 0 Å². The van der Waals surface area contributed by atoms with Gasteiger partial charge in [-0.25, -0.2) is 0 Å². The molecule has 0 aromatic carbocycles. The molecule has 21 heavy (non-hydrogen) atoms. The number of nitrogens with two attached hydrogens (primary N) is 1. The minimum Gasteiger partial charge on any atom is -0.326 e. The van der Waals surface area contributed by atoms with Crippen molar-refractivity contribution in [3.63, 3.8) is 0 Å². The fraction of sp³-hybridized carbons (Fsp3) is 0.882. The highest BCUT2D eigenvalue weighted by Gasteiger charge is 2.51. The zero-order chi connectivity index (χ0) is 14.0. The van der Waals surface area contributed by atoms with Crippen LogP contribution < -0.4 is 5.73 Å². The molecule has 0 radical (unpaired) electrons. The molecule has 4 fully saturated rings. The molecule has 114 valence electrons. The van der Waals surface area contributed by atoms with E-state index >= 15 is 0 Å². The van der Waals surface area contributed by atoms with Crippen molar-refractivity contribution in [2.75, 3.05) is 0 Å². The Hall–Kier alpha value is -0.900. The number of hydrogen-bond acceptors (Lipinski definition) is 3. The average molecular weight is 286 g/mol. The van der Waals surface area contributed by atoms with Crippen LogP contribution >= 0.6 is 0 Å². The Bertz CT molecular complexity index is 526. The molecule has 0 saturated heterocycles. The van der Waals surface area contributed by atoms with Crippen molar-refractivity contribution in [1.29, 1.82) is 0 Å². The van der Waals surface area contributed by atoms with Crippen LogP contribution in [0.25, 0.3) is 0 Å². The van der Waals surface area contributed by atoms with E-state index in [1.54, 1.807) is 0 Å². The van der Waals surface area contributed by atoms with Gasteiger partial charge in [0.05, 0.1) is 0 Å². The molecule has 1 aromatic heterocycles. The number of nitrogens with zero attached hydrogens (tertiary/aromatic N) is 3. The van der Waals surface area contributed by atoms with Gasteiger partial charge in [0.1, 0.15) is 11.6 Å². The van der Waals surface area contributed by atoms with Gasteiger partial charge in [-0.05, 0) is 68.1 Å². The van der Waals surface area contributed by atoms with Gasteiger partial charge >= 0.3 is 0 Å². The van der Waals surface area contributed by atoms with Crippen LogP contribution in [0.15, 0.2) is 0 Å². The van der Waals surface area contributed by atoms with Gasteiger partial charge in [-0.2, -0.15) is 0 Å². The lowest BCUT2D eigenvalue weighted by molar-refractivity contribution is -0.0536. The van der Waals surface area contributed by atoms with Crippen LogP contribution in [-0.2, 0) is 19.4 Å². The summed E-state index contributed by atoms with van der Waals surface area (Å²) in [7, 11) is 0. The maximum absolute atomic E-state index is 6.16. The van der Waals surface area contributed by atoms with Crippen LogP contribution in [0.3, 0.4) is 0 Å². The normalized spacial score (nSPS) is 44.0. The second-order valence-corrected chi connectivity index (χ2v) is 8.54. The van der Waals surface area contributed by atoms with Gasteiger partial charge in [0.15, 0.2) is 0 Å². The molecule has 4 bridgehead atoms. The molecule has 1 atom stereocenters. The van der Waals surface area contributed by atoms with E-state index in [2.05, 4.69) is 14.8 Å². The fourth-order valence-corrected chi connectivity index (χ4v) is 6.38. The summed E-state index contributed by atoms with van der Waals surface area (Å²) < 4.78 is 2.35. The summed E-state index contributed by atoms with van der Waals surface area (Å²) in [5, 5.41) is 9.01. The molecule has 1 aromatic rings.